The molecule has 0 saturated carbocycles. The van der Waals surface area contributed by atoms with Crippen LogP contribution in [0.15, 0.2) is 18.2 Å². The van der Waals surface area contributed by atoms with Crippen LogP contribution in [0, 0.1) is 5.92 Å². The molecule has 0 aromatic heterocycles. The van der Waals surface area contributed by atoms with Gasteiger partial charge in [0.2, 0.25) is 0 Å². The highest BCUT2D eigenvalue weighted by Gasteiger charge is 1.98. The lowest BCUT2D eigenvalue weighted by Gasteiger charge is -2.09. The second kappa shape index (κ2) is 8.36. The number of anilines is 2. The van der Waals surface area contributed by atoms with Gasteiger partial charge in [0.15, 0.2) is 0 Å². The van der Waals surface area contributed by atoms with Gasteiger partial charge in [0.05, 0.1) is 5.69 Å². The summed E-state index contributed by atoms with van der Waals surface area (Å²) in [4.78, 5) is 0. The number of rotatable bonds is 4. The van der Waals surface area contributed by atoms with Gasteiger partial charge in [0.1, 0.15) is 5.75 Å². The van der Waals surface area contributed by atoms with Crippen molar-refractivity contribution in [1.29, 1.82) is 0 Å². The molecule has 0 aliphatic heterocycles. The van der Waals surface area contributed by atoms with Crippen molar-refractivity contribution in [1.82, 2.24) is 0 Å². The zero-order valence-electron chi connectivity index (χ0n) is 9.56. The van der Waals surface area contributed by atoms with Gasteiger partial charge in [0.25, 0.3) is 0 Å². The summed E-state index contributed by atoms with van der Waals surface area (Å²) in [6.45, 7) is 5.31. The molecular weight excluding hydrogens is 247 g/mol. The van der Waals surface area contributed by atoms with Crippen molar-refractivity contribution in [3.63, 3.8) is 0 Å². The Morgan fingerprint density at radius 2 is 1.94 bits per heavy atom. The van der Waals surface area contributed by atoms with Crippen molar-refractivity contribution in [2.45, 2.75) is 20.3 Å². The molecule has 0 heterocycles. The first kappa shape index (κ1) is 17.6. The van der Waals surface area contributed by atoms with Crippen molar-refractivity contribution in [3.8, 4) is 5.75 Å². The zero-order valence-corrected chi connectivity index (χ0v) is 11.2. The molecule has 94 valence electrons. The molecule has 0 amide bonds. The summed E-state index contributed by atoms with van der Waals surface area (Å²) in [6.07, 6.45) is 1.13. The summed E-state index contributed by atoms with van der Waals surface area (Å²) >= 11 is 0. The minimum Gasteiger partial charge on any atom is -0.506 e. The van der Waals surface area contributed by atoms with Gasteiger partial charge < -0.3 is 16.2 Å². The molecule has 1 rings (SSSR count). The van der Waals surface area contributed by atoms with E-state index in [1.807, 2.05) is 6.07 Å². The van der Waals surface area contributed by atoms with Gasteiger partial charge in [-0.15, -0.1) is 24.8 Å². The lowest BCUT2D eigenvalue weighted by Crippen LogP contribution is -2.04. The number of halogens is 2. The highest BCUT2D eigenvalue weighted by molar-refractivity contribution is 5.85. The molecule has 16 heavy (non-hydrogen) atoms. The Kier molecular flexibility index (Phi) is 9.19. The van der Waals surface area contributed by atoms with Gasteiger partial charge >= 0.3 is 0 Å². The van der Waals surface area contributed by atoms with Crippen LogP contribution in [-0.2, 0) is 0 Å². The fourth-order valence-electron chi connectivity index (χ4n) is 1.17. The number of hydrogen-bond acceptors (Lipinski definition) is 3. The van der Waals surface area contributed by atoms with E-state index < -0.39 is 0 Å². The standard InChI is InChI=1S/C11H18N2O.2ClH/c1-8(2)5-6-13-9-3-4-11(14)10(12)7-9;;/h3-4,7-8,13-14H,5-6,12H2,1-2H3;2*1H. The third-order valence-electron chi connectivity index (χ3n) is 2.08. The second-order valence-electron chi connectivity index (χ2n) is 3.88. The van der Waals surface area contributed by atoms with Gasteiger partial charge in [-0.1, -0.05) is 13.8 Å². The van der Waals surface area contributed by atoms with E-state index in [1.165, 1.54) is 0 Å². The summed E-state index contributed by atoms with van der Waals surface area (Å²) in [7, 11) is 0. The molecule has 0 fully saturated rings. The van der Waals surface area contributed by atoms with E-state index in [2.05, 4.69) is 19.2 Å². The molecule has 1 aromatic carbocycles. The minimum atomic E-state index is 0. The molecule has 3 nitrogen and oxygen atoms in total. The molecule has 0 radical (unpaired) electrons. The van der Waals surface area contributed by atoms with Gasteiger partial charge in [-0.25, -0.2) is 0 Å². The Hall–Kier alpha value is -0.800. The van der Waals surface area contributed by atoms with E-state index in [0.29, 0.717) is 11.6 Å². The first-order valence-corrected chi connectivity index (χ1v) is 4.92. The van der Waals surface area contributed by atoms with E-state index in [9.17, 15) is 5.11 Å². The summed E-state index contributed by atoms with van der Waals surface area (Å²) in [6, 6.07) is 5.18. The topological polar surface area (TPSA) is 58.3 Å². The lowest BCUT2D eigenvalue weighted by molar-refractivity contribution is 0.478. The number of nitrogen functional groups attached to an aromatic ring is 1. The Morgan fingerprint density at radius 1 is 1.31 bits per heavy atom. The van der Waals surface area contributed by atoms with E-state index in [0.717, 1.165) is 18.7 Å². The maximum atomic E-state index is 9.20. The first-order valence-electron chi connectivity index (χ1n) is 4.92. The summed E-state index contributed by atoms with van der Waals surface area (Å²) in [5, 5.41) is 12.5. The summed E-state index contributed by atoms with van der Waals surface area (Å²) in [5.41, 5.74) is 6.94. The van der Waals surface area contributed by atoms with E-state index >= 15 is 0 Å². The van der Waals surface area contributed by atoms with E-state index in [-0.39, 0.29) is 30.6 Å². The van der Waals surface area contributed by atoms with Gasteiger partial charge in [-0.05, 0) is 30.5 Å². The number of benzene rings is 1. The Balaban J connectivity index is 0. The van der Waals surface area contributed by atoms with Crippen molar-refractivity contribution < 1.29 is 5.11 Å². The number of phenolic OH excluding ortho intramolecular Hbond substituents is 1. The average Bonchev–Trinajstić information content (AvgIpc) is 2.10. The molecule has 0 bridgehead atoms. The third kappa shape index (κ3) is 5.93. The molecule has 0 spiro atoms. The third-order valence-corrected chi connectivity index (χ3v) is 2.08. The summed E-state index contributed by atoms with van der Waals surface area (Å²) in [5.74, 6) is 0.830. The number of hydrogen-bond donors (Lipinski definition) is 3. The van der Waals surface area contributed by atoms with Crippen molar-refractivity contribution >= 4 is 36.2 Å². The molecular formula is C11H20Cl2N2O. The molecule has 1 aromatic rings. The van der Waals surface area contributed by atoms with E-state index in [1.54, 1.807) is 12.1 Å². The largest absolute Gasteiger partial charge is 0.506 e. The predicted molar refractivity (Wildman–Crippen MR) is 75.0 cm³/mol. The SMILES string of the molecule is CC(C)CCNc1ccc(O)c(N)c1.Cl.Cl. The van der Waals surface area contributed by atoms with Gasteiger partial charge in [-0.2, -0.15) is 0 Å². The number of phenols is 1. The zero-order chi connectivity index (χ0) is 10.6. The maximum absolute atomic E-state index is 9.20. The predicted octanol–water partition coefficient (Wildman–Crippen LogP) is 3.28. The fraction of sp³-hybridized carbons (Fsp3) is 0.455. The highest BCUT2D eigenvalue weighted by Crippen LogP contribution is 2.23. The van der Waals surface area contributed by atoms with Crippen LogP contribution in [0.2, 0.25) is 0 Å². The molecule has 0 aliphatic rings. The van der Waals surface area contributed by atoms with Gasteiger partial charge in [0, 0.05) is 12.2 Å². The average molecular weight is 267 g/mol. The Bertz CT molecular complexity index is 306. The quantitative estimate of drug-likeness (QED) is 0.446. The summed E-state index contributed by atoms with van der Waals surface area (Å²) < 4.78 is 0. The molecule has 5 heteroatoms. The minimum absolute atomic E-state index is 0. The molecule has 4 N–H and O–H groups in total. The van der Waals surface area contributed by atoms with Crippen LogP contribution in [0.5, 0.6) is 5.75 Å². The number of nitrogens with one attached hydrogen (secondary N) is 1. The number of nitrogens with two attached hydrogens (primary N) is 1. The van der Waals surface area contributed by atoms with Crippen molar-refractivity contribution in [2.24, 2.45) is 5.92 Å². The van der Waals surface area contributed by atoms with Crippen LogP contribution in [0.25, 0.3) is 0 Å². The van der Waals surface area contributed by atoms with E-state index in [4.69, 9.17) is 5.73 Å². The fourth-order valence-corrected chi connectivity index (χ4v) is 1.17. The normalized spacial score (nSPS) is 9.19. The number of aromatic hydroxyl groups is 1. The maximum Gasteiger partial charge on any atom is 0.138 e. The second-order valence-corrected chi connectivity index (χ2v) is 3.88. The first-order chi connectivity index (χ1) is 6.59. The van der Waals surface area contributed by atoms with Crippen LogP contribution in [0.4, 0.5) is 11.4 Å². The molecule has 0 atom stereocenters. The Labute approximate surface area is 109 Å². The van der Waals surface area contributed by atoms with Crippen LogP contribution in [0.1, 0.15) is 20.3 Å². The smallest absolute Gasteiger partial charge is 0.138 e. The monoisotopic (exact) mass is 266 g/mol. The van der Waals surface area contributed by atoms with Crippen LogP contribution in [-0.4, -0.2) is 11.7 Å². The molecule has 0 unspecified atom stereocenters. The highest BCUT2D eigenvalue weighted by atomic mass is 35.5. The van der Waals surface area contributed by atoms with Gasteiger partial charge in [-0.3, -0.25) is 0 Å². The van der Waals surface area contributed by atoms with Crippen molar-refractivity contribution in [3.05, 3.63) is 18.2 Å². The van der Waals surface area contributed by atoms with Crippen LogP contribution >= 0.6 is 24.8 Å². The molecule has 0 aliphatic carbocycles. The Morgan fingerprint density at radius 3 is 2.44 bits per heavy atom. The van der Waals surface area contributed by atoms with Crippen LogP contribution in [0.3, 0.4) is 0 Å². The molecule has 0 saturated heterocycles. The van der Waals surface area contributed by atoms with Crippen molar-refractivity contribution in [2.75, 3.05) is 17.6 Å². The van der Waals surface area contributed by atoms with Crippen LogP contribution < -0.4 is 11.1 Å². The lowest BCUT2D eigenvalue weighted by atomic mass is 10.1.